The molecule has 1 aromatic heterocycles. The van der Waals surface area contributed by atoms with Gasteiger partial charge in [0.2, 0.25) is 5.91 Å². The maximum absolute atomic E-state index is 12.4. The van der Waals surface area contributed by atoms with Crippen LogP contribution in [0.15, 0.2) is 0 Å². The molecule has 7 heteroatoms. The molecule has 1 aromatic rings. The molecule has 1 saturated heterocycles. The topological polar surface area (TPSA) is 81.3 Å². The van der Waals surface area contributed by atoms with Gasteiger partial charge in [0, 0.05) is 44.2 Å². The minimum absolute atomic E-state index is 0.108. The Kier molecular flexibility index (Phi) is 5.30. The van der Waals surface area contributed by atoms with E-state index >= 15 is 0 Å². The predicted octanol–water partition coefficient (Wildman–Crippen LogP) is 1.69. The number of likely N-dealkylation sites (tertiary alicyclic amines) is 1. The van der Waals surface area contributed by atoms with Gasteiger partial charge >= 0.3 is 6.03 Å². The van der Waals surface area contributed by atoms with Crippen molar-refractivity contribution in [2.75, 3.05) is 20.1 Å². The van der Waals surface area contributed by atoms with Crippen molar-refractivity contribution in [2.24, 2.45) is 5.92 Å². The fraction of sp³-hybridized carbons (Fsp3) is 0.722. The van der Waals surface area contributed by atoms with Gasteiger partial charge in [-0.1, -0.05) is 0 Å². The Labute approximate surface area is 149 Å². The van der Waals surface area contributed by atoms with Crippen LogP contribution in [0.2, 0.25) is 0 Å². The molecule has 2 N–H and O–H groups in total. The number of hydrogen-bond donors (Lipinski definition) is 2. The van der Waals surface area contributed by atoms with Crippen molar-refractivity contribution in [3.8, 4) is 0 Å². The molecule has 3 rings (SSSR count). The van der Waals surface area contributed by atoms with Crippen molar-refractivity contribution in [2.45, 2.75) is 58.5 Å². The summed E-state index contributed by atoms with van der Waals surface area (Å²) >= 11 is 0. The standard InChI is InChI=1S/C18H29N5O2/c1-12(2)23-10-13(8-17(23)24)9-19-18(25)22(3)11-16-14-6-4-5-7-15(14)20-21-16/h12-13H,4-11H2,1-3H3,(H,19,25)(H,20,21). The molecule has 1 atom stereocenters. The fourth-order valence-electron chi connectivity index (χ4n) is 3.79. The van der Waals surface area contributed by atoms with Crippen LogP contribution in [0.3, 0.4) is 0 Å². The third-order valence-corrected chi connectivity index (χ3v) is 5.28. The number of aryl methyl sites for hydroxylation is 1. The Balaban J connectivity index is 1.49. The molecular formula is C18H29N5O2. The second kappa shape index (κ2) is 7.45. The number of urea groups is 1. The van der Waals surface area contributed by atoms with Crippen molar-refractivity contribution in [3.05, 3.63) is 17.0 Å². The van der Waals surface area contributed by atoms with E-state index in [1.165, 1.54) is 24.1 Å². The number of aromatic nitrogens is 2. The Morgan fingerprint density at radius 2 is 2.16 bits per heavy atom. The number of H-pyrrole nitrogens is 1. The summed E-state index contributed by atoms with van der Waals surface area (Å²) in [6.07, 6.45) is 5.02. The van der Waals surface area contributed by atoms with Crippen LogP contribution in [0.1, 0.15) is 50.1 Å². The van der Waals surface area contributed by atoms with E-state index in [2.05, 4.69) is 15.5 Å². The maximum Gasteiger partial charge on any atom is 0.317 e. The van der Waals surface area contributed by atoms with Gasteiger partial charge in [-0.15, -0.1) is 0 Å². The first-order chi connectivity index (χ1) is 12.0. The van der Waals surface area contributed by atoms with Gasteiger partial charge in [-0.3, -0.25) is 9.89 Å². The first-order valence-electron chi connectivity index (χ1n) is 9.29. The van der Waals surface area contributed by atoms with Crippen molar-refractivity contribution in [3.63, 3.8) is 0 Å². The molecule has 138 valence electrons. The molecule has 0 saturated carbocycles. The van der Waals surface area contributed by atoms with E-state index in [0.717, 1.165) is 25.1 Å². The number of rotatable bonds is 5. The van der Waals surface area contributed by atoms with Crippen LogP contribution < -0.4 is 5.32 Å². The van der Waals surface area contributed by atoms with Crippen molar-refractivity contribution in [1.82, 2.24) is 25.3 Å². The summed E-state index contributed by atoms with van der Waals surface area (Å²) in [7, 11) is 1.79. The average molecular weight is 347 g/mol. The highest BCUT2D eigenvalue weighted by Gasteiger charge is 2.31. The fourth-order valence-corrected chi connectivity index (χ4v) is 3.79. The minimum atomic E-state index is -0.108. The molecule has 0 aromatic carbocycles. The lowest BCUT2D eigenvalue weighted by Crippen LogP contribution is -2.40. The predicted molar refractivity (Wildman–Crippen MR) is 95.1 cm³/mol. The monoisotopic (exact) mass is 347 g/mol. The summed E-state index contributed by atoms with van der Waals surface area (Å²) in [6.45, 7) is 5.83. The van der Waals surface area contributed by atoms with Gasteiger partial charge < -0.3 is 15.1 Å². The van der Waals surface area contributed by atoms with E-state index in [9.17, 15) is 9.59 Å². The SMILES string of the molecule is CC(C)N1CC(CNC(=O)N(C)Cc2n[nH]c3c2CCCC3)CC1=O. The van der Waals surface area contributed by atoms with E-state index in [-0.39, 0.29) is 23.9 Å². The van der Waals surface area contributed by atoms with Crippen LogP contribution in [0.4, 0.5) is 4.79 Å². The number of aromatic amines is 1. The summed E-state index contributed by atoms with van der Waals surface area (Å²) in [4.78, 5) is 27.9. The molecular weight excluding hydrogens is 318 g/mol. The van der Waals surface area contributed by atoms with Gasteiger partial charge in [0.15, 0.2) is 0 Å². The number of nitrogens with zero attached hydrogens (tertiary/aromatic N) is 3. The first-order valence-corrected chi connectivity index (χ1v) is 9.29. The third kappa shape index (κ3) is 3.96. The molecule has 0 bridgehead atoms. The average Bonchev–Trinajstić information content (AvgIpc) is 3.16. The molecule has 2 heterocycles. The van der Waals surface area contributed by atoms with Gasteiger partial charge in [0.25, 0.3) is 0 Å². The van der Waals surface area contributed by atoms with Crippen molar-refractivity contribution >= 4 is 11.9 Å². The molecule has 1 fully saturated rings. The number of fused-ring (bicyclic) bond motifs is 1. The lowest BCUT2D eigenvalue weighted by molar-refractivity contribution is -0.129. The van der Waals surface area contributed by atoms with E-state index in [4.69, 9.17) is 0 Å². The molecule has 0 radical (unpaired) electrons. The highest BCUT2D eigenvalue weighted by atomic mass is 16.2. The molecule has 1 aliphatic heterocycles. The minimum Gasteiger partial charge on any atom is -0.340 e. The van der Waals surface area contributed by atoms with Crippen LogP contribution in [0.5, 0.6) is 0 Å². The molecule has 7 nitrogen and oxygen atoms in total. The van der Waals surface area contributed by atoms with Crippen LogP contribution in [0.25, 0.3) is 0 Å². The number of hydrogen-bond acceptors (Lipinski definition) is 3. The highest BCUT2D eigenvalue weighted by molar-refractivity contribution is 5.79. The van der Waals surface area contributed by atoms with Gasteiger partial charge in [-0.05, 0) is 45.1 Å². The lowest BCUT2D eigenvalue weighted by Gasteiger charge is -2.22. The van der Waals surface area contributed by atoms with E-state index < -0.39 is 0 Å². The number of amides is 3. The van der Waals surface area contributed by atoms with Gasteiger partial charge in [-0.2, -0.15) is 5.10 Å². The molecule has 3 amide bonds. The Hall–Kier alpha value is -2.05. The summed E-state index contributed by atoms with van der Waals surface area (Å²) in [5.41, 5.74) is 3.50. The van der Waals surface area contributed by atoms with E-state index in [0.29, 0.717) is 19.5 Å². The van der Waals surface area contributed by atoms with E-state index in [1.54, 1.807) is 11.9 Å². The molecule has 25 heavy (non-hydrogen) atoms. The second-order valence-corrected chi connectivity index (χ2v) is 7.59. The Morgan fingerprint density at radius 1 is 1.40 bits per heavy atom. The molecule has 0 spiro atoms. The normalized spacial score (nSPS) is 20.1. The van der Waals surface area contributed by atoms with Crippen LogP contribution in [-0.2, 0) is 24.2 Å². The zero-order chi connectivity index (χ0) is 18.0. The van der Waals surface area contributed by atoms with Crippen LogP contribution in [-0.4, -0.2) is 58.1 Å². The maximum atomic E-state index is 12.4. The lowest BCUT2D eigenvalue weighted by atomic mass is 9.96. The summed E-state index contributed by atoms with van der Waals surface area (Å²) in [5, 5.41) is 10.5. The number of carbonyl (C=O) groups excluding carboxylic acids is 2. The summed E-state index contributed by atoms with van der Waals surface area (Å²) < 4.78 is 0. The molecule has 2 aliphatic rings. The third-order valence-electron chi connectivity index (χ3n) is 5.28. The first kappa shape index (κ1) is 17.8. The van der Waals surface area contributed by atoms with Crippen molar-refractivity contribution < 1.29 is 9.59 Å². The summed E-state index contributed by atoms with van der Waals surface area (Å²) in [6, 6.07) is 0.115. The van der Waals surface area contributed by atoms with Gasteiger partial charge in [0.1, 0.15) is 0 Å². The molecule has 1 unspecified atom stereocenters. The Bertz CT molecular complexity index is 639. The Morgan fingerprint density at radius 3 is 2.88 bits per heavy atom. The number of carbonyl (C=O) groups is 2. The van der Waals surface area contributed by atoms with Gasteiger partial charge in [-0.25, -0.2) is 4.79 Å². The van der Waals surface area contributed by atoms with E-state index in [1.807, 2.05) is 18.7 Å². The van der Waals surface area contributed by atoms with Crippen molar-refractivity contribution in [1.29, 1.82) is 0 Å². The molecule has 1 aliphatic carbocycles. The highest BCUT2D eigenvalue weighted by Crippen LogP contribution is 2.23. The van der Waals surface area contributed by atoms with Gasteiger partial charge in [0.05, 0.1) is 12.2 Å². The largest absolute Gasteiger partial charge is 0.340 e. The smallest absolute Gasteiger partial charge is 0.317 e. The summed E-state index contributed by atoms with van der Waals surface area (Å²) in [5.74, 6) is 0.385. The van der Waals surface area contributed by atoms with Crippen LogP contribution >= 0.6 is 0 Å². The quantitative estimate of drug-likeness (QED) is 0.850. The zero-order valence-corrected chi connectivity index (χ0v) is 15.5. The second-order valence-electron chi connectivity index (χ2n) is 7.59. The van der Waals surface area contributed by atoms with Crippen LogP contribution in [0, 0.1) is 5.92 Å². The number of nitrogens with one attached hydrogen (secondary N) is 2. The zero-order valence-electron chi connectivity index (χ0n) is 15.5.